The molecule has 0 bridgehead atoms. The first-order valence-corrected chi connectivity index (χ1v) is 7.57. The molecule has 20 heavy (non-hydrogen) atoms. The molecule has 1 aromatic rings. The number of nitrogens with zero attached hydrogens (tertiary/aromatic N) is 2. The summed E-state index contributed by atoms with van der Waals surface area (Å²) in [6, 6.07) is 11.4. The summed E-state index contributed by atoms with van der Waals surface area (Å²) in [4.78, 5) is 16.7. The largest absolute Gasteiger partial charge is 0.339 e. The van der Waals surface area contributed by atoms with Gasteiger partial charge in [0.05, 0.1) is 0 Å². The number of rotatable bonds is 3. The van der Waals surface area contributed by atoms with E-state index in [9.17, 15) is 4.79 Å². The van der Waals surface area contributed by atoms with Gasteiger partial charge in [-0.05, 0) is 19.4 Å². The number of carbonyl (C=O) groups is 1. The molecule has 3 nitrogen and oxygen atoms in total. The van der Waals surface area contributed by atoms with Crippen molar-refractivity contribution in [1.29, 1.82) is 0 Å². The zero-order valence-corrected chi connectivity index (χ0v) is 13.0. The van der Waals surface area contributed by atoms with E-state index in [4.69, 9.17) is 0 Å². The normalized spacial score (nSPS) is 24.1. The molecule has 1 aliphatic rings. The van der Waals surface area contributed by atoms with Crippen LogP contribution in [0, 0.1) is 5.92 Å². The lowest BCUT2D eigenvalue weighted by molar-refractivity contribution is -0.139. The van der Waals surface area contributed by atoms with Gasteiger partial charge in [0.1, 0.15) is 0 Å². The van der Waals surface area contributed by atoms with E-state index in [1.54, 1.807) is 0 Å². The van der Waals surface area contributed by atoms with Crippen molar-refractivity contribution < 1.29 is 4.79 Å². The maximum atomic E-state index is 12.2. The van der Waals surface area contributed by atoms with Crippen LogP contribution < -0.4 is 0 Å². The minimum atomic E-state index is 0.0927. The topological polar surface area (TPSA) is 23.6 Å². The van der Waals surface area contributed by atoms with Crippen molar-refractivity contribution in [3.63, 3.8) is 0 Å². The molecule has 2 unspecified atom stereocenters. The fraction of sp³-hybridized carbons (Fsp3) is 0.588. The molecule has 3 heteroatoms. The lowest BCUT2D eigenvalue weighted by Crippen LogP contribution is -2.58. The second-order valence-electron chi connectivity index (χ2n) is 6.25. The van der Waals surface area contributed by atoms with Gasteiger partial charge in [-0.2, -0.15) is 0 Å². The van der Waals surface area contributed by atoms with Crippen LogP contribution in [0.4, 0.5) is 0 Å². The van der Waals surface area contributed by atoms with Crippen molar-refractivity contribution >= 4 is 5.91 Å². The fourth-order valence-corrected chi connectivity index (χ4v) is 3.01. The summed E-state index contributed by atoms with van der Waals surface area (Å²) in [5, 5.41) is 0. The van der Waals surface area contributed by atoms with Crippen LogP contribution in [0.3, 0.4) is 0 Å². The van der Waals surface area contributed by atoms with E-state index in [2.05, 4.69) is 49.1 Å². The molecule has 1 fully saturated rings. The van der Waals surface area contributed by atoms with E-state index < -0.39 is 0 Å². The molecule has 0 spiro atoms. The van der Waals surface area contributed by atoms with Gasteiger partial charge >= 0.3 is 0 Å². The van der Waals surface area contributed by atoms with Gasteiger partial charge < -0.3 is 4.90 Å². The van der Waals surface area contributed by atoms with Gasteiger partial charge in [-0.3, -0.25) is 9.69 Å². The maximum Gasteiger partial charge on any atom is 0.225 e. The van der Waals surface area contributed by atoms with Crippen LogP contribution in [-0.2, 0) is 11.3 Å². The molecule has 0 radical (unpaired) electrons. The highest BCUT2D eigenvalue weighted by atomic mass is 16.2. The zero-order chi connectivity index (χ0) is 14.7. The quantitative estimate of drug-likeness (QED) is 0.846. The zero-order valence-electron chi connectivity index (χ0n) is 13.0. The second-order valence-corrected chi connectivity index (χ2v) is 6.25. The summed E-state index contributed by atoms with van der Waals surface area (Å²) in [6.07, 6.45) is 0. The summed E-state index contributed by atoms with van der Waals surface area (Å²) >= 11 is 0. The summed E-state index contributed by atoms with van der Waals surface area (Å²) in [6.45, 7) is 11.1. The standard InChI is InChI=1S/C17H26N2O/c1-13(2)17(20)18-10-14(3)19(15(4)11-18)12-16-8-6-5-7-9-16/h5-9,13-15H,10-12H2,1-4H3. The molecule has 0 N–H and O–H groups in total. The molecule has 2 atom stereocenters. The number of amides is 1. The molecule has 1 amide bonds. The first-order chi connectivity index (χ1) is 9.49. The smallest absolute Gasteiger partial charge is 0.225 e. The van der Waals surface area contributed by atoms with Gasteiger partial charge in [0.25, 0.3) is 0 Å². The van der Waals surface area contributed by atoms with E-state index in [1.807, 2.05) is 18.7 Å². The number of benzene rings is 1. The maximum absolute atomic E-state index is 12.2. The van der Waals surface area contributed by atoms with Crippen molar-refractivity contribution in [2.75, 3.05) is 13.1 Å². The van der Waals surface area contributed by atoms with E-state index in [1.165, 1.54) is 5.56 Å². The molecule has 1 aliphatic heterocycles. The van der Waals surface area contributed by atoms with Crippen LogP contribution in [0.25, 0.3) is 0 Å². The average Bonchev–Trinajstić information content (AvgIpc) is 2.42. The van der Waals surface area contributed by atoms with Crippen LogP contribution in [0.15, 0.2) is 30.3 Å². The highest BCUT2D eigenvalue weighted by Gasteiger charge is 2.32. The predicted molar refractivity (Wildman–Crippen MR) is 82.3 cm³/mol. The fourth-order valence-electron chi connectivity index (χ4n) is 3.01. The van der Waals surface area contributed by atoms with Gasteiger partial charge in [0.15, 0.2) is 0 Å². The van der Waals surface area contributed by atoms with Crippen LogP contribution in [0.1, 0.15) is 33.3 Å². The number of hydrogen-bond donors (Lipinski definition) is 0. The summed E-state index contributed by atoms with van der Waals surface area (Å²) in [7, 11) is 0. The van der Waals surface area contributed by atoms with Crippen LogP contribution >= 0.6 is 0 Å². The third-order valence-electron chi connectivity index (χ3n) is 4.12. The minimum absolute atomic E-state index is 0.0927. The lowest BCUT2D eigenvalue weighted by Gasteiger charge is -2.45. The molecule has 0 aliphatic carbocycles. The van der Waals surface area contributed by atoms with E-state index in [-0.39, 0.29) is 11.8 Å². The van der Waals surface area contributed by atoms with Gasteiger partial charge in [-0.1, -0.05) is 44.2 Å². The van der Waals surface area contributed by atoms with Crippen molar-refractivity contribution in [2.45, 2.75) is 46.3 Å². The van der Waals surface area contributed by atoms with Crippen molar-refractivity contribution in [2.24, 2.45) is 5.92 Å². The summed E-state index contributed by atoms with van der Waals surface area (Å²) < 4.78 is 0. The van der Waals surface area contributed by atoms with Crippen molar-refractivity contribution in [1.82, 2.24) is 9.80 Å². The van der Waals surface area contributed by atoms with Gasteiger partial charge in [-0.25, -0.2) is 0 Å². The third kappa shape index (κ3) is 3.40. The Kier molecular flexibility index (Phi) is 4.81. The monoisotopic (exact) mass is 274 g/mol. The third-order valence-corrected chi connectivity index (χ3v) is 4.12. The Hall–Kier alpha value is -1.35. The predicted octanol–water partition coefficient (Wildman–Crippen LogP) is 2.76. The van der Waals surface area contributed by atoms with E-state index in [0.717, 1.165) is 19.6 Å². The van der Waals surface area contributed by atoms with Crippen LogP contribution in [0.5, 0.6) is 0 Å². The Morgan fingerprint density at radius 3 is 2.20 bits per heavy atom. The summed E-state index contributed by atoms with van der Waals surface area (Å²) in [5.74, 6) is 0.373. The molecule has 110 valence electrons. The molecule has 2 rings (SSSR count). The Bertz CT molecular complexity index is 432. The Morgan fingerprint density at radius 2 is 1.70 bits per heavy atom. The number of carbonyl (C=O) groups excluding carboxylic acids is 1. The first kappa shape index (κ1) is 15.0. The Morgan fingerprint density at radius 1 is 1.15 bits per heavy atom. The second kappa shape index (κ2) is 6.40. The number of hydrogen-bond acceptors (Lipinski definition) is 2. The molecular formula is C17H26N2O. The van der Waals surface area contributed by atoms with Crippen molar-refractivity contribution in [3.8, 4) is 0 Å². The van der Waals surface area contributed by atoms with E-state index >= 15 is 0 Å². The molecule has 1 heterocycles. The minimum Gasteiger partial charge on any atom is -0.339 e. The van der Waals surface area contributed by atoms with Crippen LogP contribution in [0.2, 0.25) is 0 Å². The van der Waals surface area contributed by atoms with E-state index in [0.29, 0.717) is 12.1 Å². The van der Waals surface area contributed by atoms with Gasteiger partial charge in [-0.15, -0.1) is 0 Å². The highest BCUT2D eigenvalue weighted by molar-refractivity contribution is 5.78. The Labute approximate surface area is 122 Å². The van der Waals surface area contributed by atoms with Gasteiger partial charge in [0, 0.05) is 37.6 Å². The number of piperazine rings is 1. The molecular weight excluding hydrogens is 248 g/mol. The molecule has 0 aromatic heterocycles. The lowest BCUT2D eigenvalue weighted by atomic mass is 10.0. The molecule has 1 saturated heterocycles. The van der Waals surface area contributed by atoms with Crippen molar-refractivity contribution in [3.05, 3.63) is 35.9 Å². The SMILES string of the molecule is CC(C)C(=O)N1CC(C)N(Cc2ccccc2)C(C)C1. The average molecular weight is 274 g/mol. The van der Waals surface area contributed by atoms with Crippen LogP contribution in [-0.4, -0.2) is 40.9 Å². The molecule has 0 saturated carbocycles. The molecule has 1 aromatic carbocycles. The summed E-state index contributed by atoms with van der Waals surface area (Å²) in [5.41, 5.74) is 1.34. The highest BCUT2D eigenvalue weighted by Crippen LogP contribution is 2.20. The Balaban J connectivity index is 2.02. The van der Waals surface area contributed by atoms with Gasteiger partial charge in [0.2, 0.25) is 5.91 Å². The first-order valence-electron chi connectivity index (χ1n) is 7.57.